The van der Waals surface area contributed by atoms with Crippen LogP contribution in [0.3, 0.4) is 0 Å². The van der Waals surface area contributed by atoms with Gasteiger partial charge in [-0.15, -0.1) is 0 Å². The van der Waals surface area contributed by atoms with Crippen LogP contribution >= 0.6 is 0 Å². The maximum atomic E-state index is 14.5. The third-order valence-electron chi connectivity index (χ3n) is 10.1. The average Bonchev–Trinajstić information content (AvgIpc) is 3.67. The molecule has 1 saturated heterocycles. The Labute approximate surface area is 296 Å². The molecular weight excluding hydrogens is 648 g/mol. The number of rotatable bonds is 6. The Hall–Kier alpha value is -5.39. The molecule has 1 aliphatic carbocycles. The van der Waals surface area contributed by atoms with Gasteiger partial charge in [-0.2, -0.15) is 0 Å². The summed E-state index contributed by atoms with van der Waals surface area (Å²) in [6.45, 7) is 3.76. The number of nitrogens with zero attached hydrogens (tertiary/aromatic N) is 4. The van der Waals surface area contributed by atoms with Crippen LogP contribution in [0.4, 0.5) is 0 Å². The Balaban J connectivity index is 1.22. The first-order valence-corrected chi connectivity index (χ1v) is 17.8. The Bertz CT molecular complexity index is 2000. The summed E-state index contributed by atoms with van der Waals surface area (Å²) in [5, 5.41) is 8.67. The van der Waals surface area contributed by atoms with Crippen molar-refractivity contribution in [3.8, 4) is 5.88 Å². The van der Waals surface area contributed by atoms with E-state index in [0.717, 1.165) is 40.9 Å². The number of aryl methyl sites for hydroxylation is 1. The Kier molecular flexibility index (Phi) is 9.66. The molecule has 0 radical (unpaired) electrons. The third kappa shape index (κ3) is 6.99. The van der Waals surface area contributed by atoms with Gasteiger partial charge in [-0.25, -0.2) is 14.8 Å². The van der Waals surface area contributed by atoms with E-state index in [9.17, 15) is 19.2 Å². The highest BCUT2D eigenvalue weighted by molar-refractivity contribution is 6.07. The van der Waals surface area contributed by atoms with Gasteiger partial charge in [-0.3, -0.25) is 19.4 Å². The number of hydrogen-bond acceptors (Lipinski definition) is 9. The summed E-state index contributed by atoms with van der Waals surface area (Å²) in [7, 11) is 0. The van der Waals surface area contributed by atoms with Crippen molar-refractivity contribution in [1.29, 1.82) is 0 Å². The molecule has 0 unspecified atom stereocenters. The van der Waals surface area contributed by atoms with E-state index >= 15 is 0 Å². The second-order valence-electron chi connectivity index (χ2n) is 13.6. The number of hydrogen-bond donors (Lipinski definition) is 2. The fourth-order valence-electron chi connectivity index (χ4n) is 7.26. The number of nitrogens with one attached hydrogen (secondary N) is 2. The number of ether oxygens (including phenoxy) is 2. The lowest BCUT2D eigenvalue weighted by molar-refractivity contribution is -0.150. The second kappa shape index (κ2) is 14.5. The van der Waals surface area contributed by atoms with Crippen molar-refractivity contribution in [3.63, 3.8) is 0 Å². The molecule has 3 aliphatic rings. The molecule has 2 aliphatic heterocycles. The van der Waals surface area contributed by atoms with Gasteiger partial charge in [0.05, 0.1) is 30.6 Å². The highest BCUT2D eigenvalue weighted by Crippen LogP contribution is 2.46. The van der Waals surface area contributed by atoms with E-state index in [-0.39, 0.29) is 31.2 Å². The topological polar surface area (TPSA) is 153 Å². The monoisotopic (exact) mass is 690 g/mol. The molecule has 2 aromatic heterocycles. The van der Waals surface area contributed by atoms with Crippen molar-refractivity contribution in [1.82, 2.24) is 30.5 Å². The molecule has 2 aromatic carbocycles. The standard InChI is InChI=1S/C39H42N6O6/c1-3-50-38(49)39-20-25(39)13-7-5-4-6-8-18-31(42-34(46)32-22-40-24(2)21-41-32)37(48)45-23-26(19-33(45)35(47)44-39)51-36-29-16-10-9-14-27(29)28-15-11-12-17-30(28)43-36/h7,9-17,21-22,25-26,31,33H,3-6,8,18-20,23H2,1-2H3,(H,42,46)(H,44,47)/b13-7-/t25-,26-,31+,33+,39-/m1/s1. The first-order valence-electron chi connectivity index (χ1n) is 17.8. The van der Waals surface area contributed by atoms with Crippen LogP contribution in [-0.2, 0) is 19.1 Å². The van der Waals surface area contributed by atoms with Crippen LogP contribution in [-0.4, -0.2) is 80.4 Å². The lowest BCUT2D eigenvalue weighted by atomic mass is 10.0. The summed E-state index contributed by atoms with van der Waals surface area (Å²) < 4.78 is 12.0. The van der Waals surface area contributed by atoms with Crippen molar-refractivity contribution in [3.05, 3.63) is 84.5 Å². The summed E-state index contributed by atoms with van der Waals surface area (Å²) in [6, 6.07) is 13.8. The van der Waals surface area contributed by atoms with E-state index < -0.39 is 47.4 Å². The Morgan fingerprint density at radius 3 is 2.57 bits per heavy atom. The van der Waals surface area contributed by atoms with Gasteiger partial charge in [-0.05, 0) is 57.0 Å². The molecule has 51 heavy (non-hydrogen) atoms. The number of pyridine rings is 1. The number of benzene rings is 2. The minimum Gasteiger partial charge on any atom is -0.472 e. The Morgan fingerprint density at radius 1 is 1.00 bits per heavy atom. The number of allylic oxidation sites excluding steroid dienone is 1. The molecule has 12 heteroatoms. The summed E-state index contributed by atoms with van der Waals surface area (Å²) >= 11 is 0. The van der Waals surface area contributed by atoms with E-state index in [1.54, 1.807) is 13.8 Å². The fourth-order valence-corrected chi connectivity index (χ4v) is 7.26. The van der Waals surface area contributed by atoms with E-state index in [4.69, 9.17) is 14.5 Å². The predicted octanol–water partition coefficient (Wildman–Crippen LogP) is 4.59. The maximum absolute atomic E-state index is 14.5. The first-order chi connectivity index (χ1) is 24.8. The van der Waals surface area contributed by atoms with Crippen LogP contribution in [0, 0.1) is 12.8 Å². The van der Waals surface area contributed by atoms with E-state index in [0.29, 0.717) is 30.8 Å². The van der Waals surface area contributed by atoms with Crippen LogP contribution in [0.5, 0.6) is 5.88 Å². The molecule has 0 spiro atoms. The zero-order chi connectivity index (χ0) is 35.5. The van der Waals surface area contributed by atoms with Crippen LogP contribution in [0.2, 0.25) is 0 Å². The van der Waals surface area contributed by atoms with Crippen LogP contribution in [0.1, 0.15) is 68.1 Å². The number of amides is 3. The van der Waals surface area contributed by atoms with E-state index in [1.165, 1.54) is 17.3 Å². The van der Waals surface area contributed by atoms with Crippen LogP contribution in [0.25, 0.3) is 21.7 Å². The maximum Gasteiger partial charge on any atom is 0.332 e. The number of carbonyl (C=O) groups is 4. The van der Waals surface area contributed by atoms with E-state index in [2.05, 4.69) is 20.6 Å². The smallest absolute Gasteiger partial charge is 0.332 e. The summed E-state index contributed by atoms with van der Waals surface area (Å²) in [4.78, 5) is 70.2. The Morgan fingerprint density at radius 2 is 1.78 bits per heavy atom. The molecule has 12 nitrogen and oxygen atoms in total. The number of fused-ring (bicyclic) bond motifs is 5. The third-order valence-corrected chi connectivity index (χ3v) is 10.1. The van der Waals surface area contributed by atoms with Gasteiger partial charge in [0.15, 0.2) is 0 Å². The molecule has 7 rings (SSSR count). The quantitative estimate of drug-likeness (QED) is 0.168. The van der Waals surface area contributed by atoms with Crippen molar-refractivity contribution >= 4 is 45.4 Å². The molecular formula is C39H42N6O6. The average molecular weight is 691 g/mol. The van der Waals surface area contributed by atoms with Gasteiger partial charge < -0.3 is 25.0 Å². The molecule has 2 fully saturated rings. The minimum absolute atomic E-state index is 0.0756. The van der Waals surface area contributed by atoms with E-state index in [1.807, 2.05) is 60.7 Å². The fraction of sp³-hybridized carbons (Fsp3) is 0.410. The SMILES string of the molecule is CCOC(=O)[C@@]12C[C@H]1/C=C\CCCCC[C@H](NC(=O)c1cnc(C)cn1)C(=O)N1C[C@H](Oc3nc4ccccc4c4ccccc34)C[C@H]1C(=O)N2. The van der Waals surface area contributed by atoms with Crippen LogP contribution < -0.4 is 15.4 Å². The molecule has 3 amide bonds. The minimum atomic E-state index is -1.20. The first kappa shape index (κ1) is 34.1. The second-order valence-corrected chi connectivity index (χ2v) is 13.6. The molecule has 264 valence electrons. The van der Waals surface area contributed by atoms with Crippen molar-refractivity contribution in [2.45, 2.75) is 82.5 Å². The van der Waals surface area contributed by atoms with Crippen LogP contribution in [0.15, 0.2) is 73.1 Å². The molecule has 4 aromatic rings. The largest absolute Gasteiger partial charge is 0.472 e. The summed E-state index contributed by atoms with van der Waals surface area (Å²) in [5.74, 6) is -1.70. The number of para-hydroxylation sites is 1. The normalized spacial score (nSPS) is 25.9. The van der Waals surface area contributed by atoms with Gasteiger partial charge in [-0.1, -0.05) is 61.4 Å². The number of carbonyl (C=O) groups excluding carboxylic acids is 4. The van der Waals surface area contributed by atoms with Gasteiger partial charge in [0, 0.05) is 29.3 Å². The van der Waals surface area contributed by atoms with Gasteiger partial charge >= 0.3 is 5.97 Å². The number of aromatic nitrogens is 3. The highest BCUT2D eigenvalue weighted by atomic mass is 16.5. The molecule has 1 saturated carbocycles. The van der Waals surface area contributed by atoms with Crippen molar-refractivity contribution < 1.29 is 28.7 Å². The lowest BCUT2D eigenvalue weighted by Gasteiger charge is -2.29. The zero-order valence-corrected chi connectivity index (χ0v) is 28.8. The zero-order valence-electron chi connectivity index (χ0n) is 28.8. The lowest BCUT2D eigenvalue weighted by Crippen LogP contribution is -2.56. The number of esters is 1. The molecule has 4 heterocycles. The molecule has 5 atom stereocenters. The van der Waals surface area contributed by atoms with Gasteiger partial charge in [0.1, 0.15) is 29.4 Å². The molecule has 2 N–H and O–H groups in total. The van der Waals surface area contributed by atoms with Gasteiger partial charge in [0.25, 0.3) is 5.91 Å². The summed E-state index contributed by atoms with van der Waals surface area (Å²) in [6.07, 6.45) is 10.4. The highest BCUT2D eigenvalue weighted by Gasteiger charge is 2.62. The molecule has 0 bridgehead atoms. The van der Waals surface area contributed by atoms with Crippen molar-refractivity contribution in [2.75, 3.05) is 13.2 Å². The van der Waals surface area contributed by atoms with Crippen molar-refractivity contribution in [2.24, 2.45) is 5.92 Å². The van der Waals surface area contributed by atoms with Gasteiger partial charge in [0.2, 0.25) is 17.7 Å². The predicted molar refractivity (Wildman–Crippen MR) is 190 cm³/mol. The summed E-state index contributed by atoms with van der Waals surface area (Å²) in [5.41, 5.74) is 0.316.